The lowest BCUT2D eigenvalue weighted by Crippen LogP contribution is -2.23. The van der Waals surface area contributed by atoms with Crippen LogP contribution in [-0.2, 0) is 4.74 Å². The van der Waals surface area contributed by atoms with Crippen molar-refractivity contribution in [2.24, 2.45) is 0 Å². The topological polar surface area (TPSA) is 107 Å². The number of rotatable bonds is 3. The van der Waals surface area contributed by atoms with E-state index in [4.69, 9.17) is 14.9 Å². The lowest BCUT2D eigenvalue weighted by molar-refractivity contribution is 0.0895. The van der Waals surface area contributed by atoms with E-state index in [1.807, 2.05) is 13.0 Å². The number of carbonyl (C=O) groups is 1. The van der Waals surface area contributed by atoms with E-state index in [0.29, 0.717) is 34.3 Å². The number of amides is 1. The van der Waals surface area contributed by atoms with E-state index in [9.17, 15) is 9.59 Å². The third-order valence-electron chi connectivity index (χ3n) is 4.55. The summed E-state index contributed by atoms with van der Waals surface area (Å²) in [6.07, 6.45) is 1.51. The summed E-state index contributed by atoms with van der Waals surface area (Å²) in [5, 5.41) is 3.20. The molecule has 1 amide bonds. The highest BCUT2D eigenvalue weighted by Gasteiger charge is 2.24. The number of benzene rings is 1. The van der Waals surface area contributed by atoms with E-state index in [0.717, 1.165) is 23.1 Å². The smallest absolute Gasteiger partial charge is 0.349 e. The fraction of sp³-hybridized carbons (Fsp3) is 0.316. The van der Waals surface area contributed by atoms with Gasteiger partial charge in [0.05, 0.1) is 10.4 Å². The minimum atomic E-state index is -0.667. The first-order valence-electron chi connectivity index (χ1n) is 8.66. The number of aromatic nitrogens is 1. The second kappa shape index (κ2) is 6.79. The molecule has 1 aromatic carbocycles. The molecule has 0 bridgehead atoms. The zero-order valence-electron chi connectivity index (χ0n) is 15.0. The molecule has 1 atom stereocenters. The fourth-order valence-corrected chi connectivity index (χ4v) is 4.19. The largest absolute Gasteiger partial charge is 0.424 e. The molecule has 3 N–H and O–H groups in total. The first-order valence-corrected chi connectivity index (χ1v) is 9.48. The van der Waals surface area contributed by atoms with Gasteiger partial charge in [0.1, 0.15) is 22.9 Å². The van der Waals surface area contributed by atoms with Crippen molar-refractivity contribution in [1.29, 1.82) is 0 Å². The molecule has 7 nitrogen and oxygen atoms in total. The van der Waals surface area contributed by atoms with Crippen molar-refractivity contribution in [3.05, 3.63) is 51.1 Å². The minimum absolute atomic E-state index is 0.0189. The van der Waals surface area contributed by atoms with Crippen molar-refractivity contribution < 1.29 is 13.9 Å². The van der Waals surface area contributed by atoms with Gasteiger partial charge in [-0.25, -0.2) is 9.78 Å². The van der Waals surface area contributed by atoms with Crippen LogP contribution in [-0.4, -0.2) is 17.5 Å². The van der Waals surface area contributed by atoms with E-state index in [1.54, 1.807) is 19.1 Å². The second-order valence-electron chi connectivity index (χ2n) is 6.66. The van der Waals surface area contributed by atoms with Crippen molar-refractivity contribution in [2.45, 2.75) is 32.8 Å². The number of nitrogen functional groups attached to an aromatic ring is 1. The molecule has 1 unspecified atom stereocenters. The van der Waals surface area contributed by atoms with Crippen LogP contribution in [0.4, 0.5) is 10.8 Å². The molecule has 1 aliphatic rings. The highest BCUT2D eigenvalue weighted by atomic mass is 32.1. The van der Waals surface area contributed by atoms with E-state index >= 15 is 0 Å². The van der Waals surface area contributed by atoms with Crippen molar-refractivity contribution >= 4 is 38.3 Å². The SMILES string of the molecule is Cc1cc(NC(=O)c2c(C)cc(C3CCCO3)oc2=O)c2nc(N)sc2c1. The number of hydrogen-bond acceptors (Lipinski definition) is 7. The third-order valence-corrected chi connectivity index (χ3v) is 5.38. The fourth-order valence-electron chi connectivity index (χ4n) is 3.33. The van der Waals surface area contributed by atoms with Gasteiger partial charge in [-0.2, -0.15) is 0 Å². The molecule has 0 spiro atoms. The van der Waals surface area contributed by atoms with E-state index < -0.39 is 11.5 Å². The Morgan fingerprint density at radius 1 is 1.33 bits per heavy atom. The zero-order valence-corrected chi connectivity index (χ0v) is 15.8. The molecular formula is C19H19N3O4S. The lowest BCUT2D eigenvalue weighted by Gasteiger charge is -2.12. The summed E-state index contributed by atoms with van der Waals surface area (Å²) in [4.78, 5) is 29.5. The maximum atomic E-state index is 12.8. The monoisotopic (exact) mass is 385 g/mol. The quantitative estimate of drug-likeness (QED) is 0.714. The van der Waals surface area contributed by atoms with Crippen LogP contribution in [0.5, 0.6) is 0 Å². The van der Waals surface area contributed by atoms with Gasteiger partial charge in [-0.05, 0) is 56.0 Å². The predicted molar refractivity (Wildman–Crippen MR) is 104 cm³/mol. The minimum Gasteiger partial charge on any atom is -0.424 e. The number of aryl methyl sites for hydroxylation is 2. The van der Waals surface area contributed by atoms with Gasteiger partial charge in [-0.15, -0.1) is 0 Å². The molecule has 1 fully saturated rings. The Morgan fingerprint density at radius 2 is 2.15 bits per heavy atom. The normalized spacial score (nSPS) is 16.7. The first kappa shape index (κ1) is 17.7. The van der Waals surface area contributed by atoms with Crippen LogP contribution in [0.3, 0.4) is 0 Å². The highest BCUT2D eigenvalue weighted by molar-refractivity contribution is 7.22. The van der Waals surface area contributed by atoms with Crippen LogP contribution in [0.15, 0.2) is 27.4 Å². The molecule has 27 heavy (non-hydrogen) atoms. The Labute approximate surface area is 159 Å². The number of anilines is 2. The standard InChI is InChI=1S/C19H19N3O4S/c1-9-6-11(16-14(7-9)27-19(20)22-16)21-17(23)15-10(2)8-13(26-18(15)24)12-4-3-5-25-12/h6-8,12H,3-5H2,1-2H3,(H2,20,22)(H,21,23). The molecule has 4 rings (SSSR count). The molecule has 3 aromatic rings. The van der Waals surface area contributed by atoms with Gasteiger partial charge in [-0.3, -0.25) is 4.79 Å². The van der Waals surface area contributed by atoms with Gasteiger partial charge < -0.3 is 20.2 Å². The number of hydrogen-bond donors (Lipinski definition) is 2. The van der Waals surface area contributed by atoms with Crippen molar-refractivity contribution in [3.63, 3.8) is 0 Å². The van der Waals surface area contributed by atoms with Gasteiger partial charge in [0.2, 0.25) is 0 Å². The Bertz CT molecular complexity index is 1100. The maximum Gasteiger partial charge on any atom is 0.349 e. The van der Waals surface area contributed by atoms with Crippen LogP contribution in [0.2, 0.25) is 0 Å². The molecule has 1 saturated heterocycles. The first-order chi connectivity index (χ1) is 12.9. The van der Waals surface area contributed by atoms with E-state index in [-0.39, 0.29) is 11.7 Å². The summed E-state index contributed by atoms with van der Waals surface area (Å²) in [5.41, 5.74) is 7.74. The molecule has 8 heteroatoms. The molecule has 2 aromatic heterocycles. The van der Waals surface area contributed by atoms with Crippen LogP contribution in [0, 0.1) is 13.8 Å². The average Bonchev–Trinajstić information content (AvgIpc) is 3.23. The van der Waals surface area contributed by atoms with Gasteiger partial charge >= 0.3 is 5.63 Å². The molecule has 3 heterocycles. The summed E-state index contributed by atoms with van der Waals surface area (Å²) >= 11 is 1.35. The van der Waals surface area contributed by atoms with Crippen LogP contribution < -0.4 is 16.7 Å². The van der Waals surface area contributed by atoms with Gasteiger partial charge in [0.25, 0.3) is 5.91 Å². The van der Waals surface area contributed by atoms with E-state index in [1.165, 1.54) is 11.3 Å². The number of nitrogens with two attached hydrogens (primary N) is 1. The molecule has 1 aliphatic heterocycles. The summed E-state index contributed by atoms with van der Waals surface area (Å²) in [6, 6.07) is 5.46. The predicted octanol–water partition coefficient (Wildman–Crippen LogP) is 3.55. The number of ether oxygens (including phenoxy) is 1. The van der Waals surface area contributed by atoms with Crippen LogP contribution >= 0.6 is 11.3 Å². The molecular weight excluding hydrogens is 366 g/mol. The Kier molecular flexibility index (Phi) is 4.45. The Hall–Kier alpha value is -2.71. The van der Waals surface area contributed by atoms with Gasteiger partial charge in [0.15, 0.2) is 5.13 Å². The Balaban J connectivity index is 1.69. The lowest BCUT2D eigenvalue weighted by atomic mass is 10.1. The number of carbonyl (C=O) groups excluding carboxylic acids is 1. The number of nitrogens with one attached hydrogen (secondary N) is 1. The van der Waals surface area contributed by atoms with Gasteiger partial charge in [0, 0.05) is 6.61 Å². The summed E-state index contributed by atoms with van der Waals surface area (Å²) in [6.45, 7) is 4.29. The second-order valence-corrected chi connectivity index (χ2v) is 7.72. The summed E-state index contributed by atoms with van der Waals surface area (Å²) in [5.74, 6) is -0.0598. The maximum absolute atomic E-state index is 12.8. The molecule has 140 valence electrons. The number of thiazole rings is 1. The molecule has 0 radical (unpaired) electrons. The highest BCUT2D eigenvalue weighted by Crippen LogP contribution is 2.32. The van der Waals surface area contributed by atoms with Crippen molar-refractivity contribution in [2.75, 3.05) is 17.7 Å². The third kappa shape index (κ3) is 3.33. The number of nitrogens with zero attached hydrogens (tertiary/aromatic N) is 1. The van der Waals surface area contributed by atoms with Crippen LogP contribution in [0.25, 0.3) is 10.2 Å². The van der Waals surface area contributed by atoms with E-state index in [2.05, 4.69) is 10.3 Å². The zero-order chi connectivity index (χ0) is 19.1. The number of fused-ring (bicyclic) bond motifs is 1. The van der Waals surface area contributed by atoms with Crippen molar-refractivity contribution in [1.82, 2.24) is 4.98 Å². The summed E-state index contributed by atoms with van der Waals surface area (Å²) < 4.78 is 11.8. The summed E-state index contributed by atoms with van der Waals surface area (Å²) in [7, 11) is 0. The molecule has 0 aliphatic carbocycles. The average molecular weight is 385 g/mol. The van der Waals surface area contributed by atoms with Crippen molar-refractivity contribution in [3.8, 4) is 0 Å². The molecule has 0 saturated carbocycles. The van der Waals surface area contributed by atoms with Crippen LogP contribution in [0.1, 0.15) is 46.2 Å². The van der Waals surface area contributed by atoms with Gasteiger partial charge in [-0.1, -0.05) is 11.3 Å². The Morgan fingerprint density at radius 3 is 2.85 bits per heavy atom.